The molecule has 0 radical (unpaired) electrons. The Labute approximate surface area is 95.2 Å². The highest BCUT2D eigenvalue weighted by Crippen LogP contribution is 2.40. The molecule has 14 heavy (non-hydrogen) atoms. The summed E-state index contributed by atoms with van der Waals surface area (Å²) < 4.78 is 1.96. The van der Waals surface area contributed by atoms with Gasteiger partial charge in [0.05, 0.1) is 5.02 Å². The number of aromatic hydroxyl groups is 2. The van der Waals surface area contributed by atoms with E-state index in [4.69, 9.17) is 11.6 Å². The fourth-order valence-electron chi connectivity index (χ4n) is 1.63. The molecule has 1 heterocycles. The van der Waals surface area contributed by atoms with Crippen LogP contribution in [0.25, 0.3) is 0 Å². The molecule has 5 heteroatoms. The van der Waals surface area contributed by atoms with Crippen LogP contribution < -0.4 is 0 Å². The van der Waals surface area contributed by atoms with Gasteiger partial charge in [-0.15, -0.1) is 0 Å². The van der Waals surface area contributed by atoms with Crippen LogP contribution in [-0.4, -0.2) is 20.7 Å². The third-order valence-electron chi connectivity index (χ3n) is 2.36. The minimum absolute atomic E-state index is 0.156. The Kier molecular flexibility index (Phi) is 2.60. The molecule has 0 amide bonds. The van der Waals surface area contributed by atoms with Crippen molar-refractivity contribution in [1.82, 2.24) is 3.93 Å². The zero-order valence-corrected chi connectivity index (χ0v) is 9.64. The van der Waals surface area contributed by atoms with Crippen molar-refractivity contribution in [2.24, 2.45) is 0 Å². The normalized spacial score (nSPS) is 16.7. The summed E-state index contributed by atoms with van der Waals surface area (Å²) in [4.78, 5) is 0. The van der Waals surface area contributed by atoms with Crippen LogP contribution in [0, 0.1) is 0 Å². The number of hydrogen-bond donors (Lipinski definition) is 2. The van der Waals surface area contributed by atoms with Crippen LogP contribution in [-0.2, 0) is 13.0 Å². The quantitative estimate of drug-likeness (QED) is 0.566. The molecule has 1 aliphatic rings. The van der Waals surface area contributed by atoms with Gasteiger partial charge in [0.25, 0.3) is 0 Å². The third kappa shape index (κ3) is 1.58. The maximum atomic E-state index is 9.42. The molecule has 0 saturated carbocycles. The first kappa shape index (κ1) is 10.1. The molecule has 0 aliphatic carbocycles. The van der Waals surface area contributed by atoms with E-state index in [1.807, 2.05) is 3.93 Å². The van der Waals surface area contributed by atoms with E-state index in [1.54, 1.807) is 6.07 Å². The van der Waals surface area contributed by atoms with Crippen molar-refractivity contribution < 1.29 is 10.2 Å². The van der Waals surface area contributed by atoms with E-state index in [0.29, 0.717) is 6.54 Å². The predicted octanol–water partition coefficient (Wildman–Crippen LogP) is 2.42. The summed E-state index contributed by atoms with van der Waals surface area (Å²) in [6.45, 7) is 1.53. The van der Waals surface area contributed by atoms with Gasteiger partial charge in [0.15, 0.2) is 11.5 Å². The molecule has 0 saturated heterocycles. The van der Waals surface area contributed by atoms with Crippen LogP contribution in [0.15, 0.2) is 6.07 Å². The standard InChI is InChI=1S/C9H9BrClNO2/c10-12-2-1-6-5(4-12)3-7(13)9(14)8(6)11/h3,13-14H,1-2,4H2. The Hall–Kier alpha value is -0.450. The Morgan fingerprint density at radius 3 is 2.86 bits per heavy atom. The third-order valence-corrected chi connectivity index (χ3v) is 3.37. The maximum Gasteiger partial charge on any atom is 0.176 e. The number of hydrogen-bond acceptors (Lipinski definition) is 3. The van der Waals surface area contributed by atoms with Crippen LogP contribution in [0.2, 0.25) is 5.02 Å². The molecular weight excluding hydrogens is 269 g/mol. The first-order valence-corrected chi connectivity index (χ1v) is 5.31. The summed E-state index contributed by atoms with van der Waals surface area (Å²) in [5.74, 6) is -0.370. The number of benzene rings is 1. The van der Waals surface area contributed by atoms with Gasteiger partial charge in [-0.1, -0.05) is 11.6 Å². The molecule has 1 aliphatic heterocycles. The highest BCUT2D eigenvalue weighted by Gasteiger charge is 2.21. The summed E-state index contributed by atoms with van der Waals surface area (Å²) in [5.41, 5.74) is 1.88. The molecule has 76 valence electrons. The Balaban J connectivity index is 2.54. The van der Waals surface area contributed by atoms with Crippen molar-refractivity contribution in [2.75, 3.05) is 6.54 Å². The first-order valence-electron chi connectivity index (χ1n) is 4.22. The molecule has 2 N–H and O–H groups in total. The monoisotopic (exact) mass is 277 g/mol. The first-order chi connectivity index (χ1) is 6.59. The molecule has 2 rings (SSSR count). The predicted molar refractivity (Wildman–Crippen MR) is 57.8 cm³/mol. The minimum atomic E-state index is -0.214. The van der Waals surface area contributed by atoms with Gasteiger partial charge >= 0.3 is 0 Å². The Morgan fingerprint density at radius 1 is 1.43 bits per heavy atom. The average Bonchev–Trinajstić information content (AvgIpc) is 2.14. The number of halogens is 2. The van der Waals surface area contributed by atoms with Crippen LogP contribution >= 0.6 is 27.7 Å². The second-order valence-corrected chi connectivity index (χ2v) is 4.67. The van der Waals surface area contributed by atoms with Gasteiger partial charge in [0, 0.05) is 29.2 Å². The highest BCUT2D eigenvalue weighted by molar-refractivity contribution is 9.07. The summed E-state index contributed by atoms with van der Waals surface area (Å²) >= 11 is 9.29. The van der Waals surface area contributed by atoms with E-state index >= 15 is 0 Å². The number of nitrogens with zero attached hydrogens (tertiary/aromatic N) is 1. The van der Waals surface area contributed by atoms with Crippen LogP contribution in [0.4, 0.5) is 0 Å². The van der Waals surface area contributed by atoms with E-state index < -0.39 is 0 Å². The second kappa shape index (κ2) is 3.61. The molecule has 0 spiro atoms. The SMILES string of the molecule is Oc1cc2c(c(Cl)c1O)CCN(Br)C2. The Morgan fingerprint density at radius 2 is 2.14 bits per heavy atom. The zero-order valence-electron chi connectivity index (χ0n) is 7.30. The van der Waals surface area contributed by atoms with Crippen LogP contribution in [0.3, 0.4) is 0 Å². The summed E-state index contributed by atoms with van der Waals surface area (Å²) in [7, 11) is 0. The molecular formula is C9H9BrClNO2. The van der Waals surface area contributed by atoms with Gasteiger partial charge in [-0.05, 0) is 23.6 Å². The topological polar surface area (TPSA) is 43.7 Å². The summed E-state index contributed by atoms with van der Waals surface area (Å²) in [6.07, 6.45) is 0.771. The number of phenolic OH excluding ortho intramolecular Hbond substituents is 2. The summed E-state index contributed by atoms with van der Waals surface area (Å²) in [5, 5.41) is 19.1. The highest BCUT2D eigenvalue weighted by atomic mass is 79.9. The van der Waals surface area contributed by atoms with Crippen molar-refractivity contribution in [3.63, 3.8) is 0 Å². The van der Waals surface area contributed by atoms with Gasteiger partial charge in [0.1, 0.15) is 0 Å². The smallest absolute Gasteiger partial charge is 0.176 e. The molecule has 0 unspecified atom stereocenters. The molecule has 0 bridgehead atoms. The zero-order chi connectivity index (χ0) is 10.3. The number of phenols is 2. The van der Waals surface area contributed by atoms with Crippen molar-refractivity contribution in [3.8, 4) is 11.5 Å². The lowest BCUT2D eigenvalue weighted by molar-refractivity contribution is 0.397. The molecule has 1 aromatic carbocycles. The van der Waals surface area contributed by atoms with E-state index in [1.165, 1.54) is 0 Å². The van der Waals surface area contributed by atoms with Gasteiger partial charge in [-0.3, -0.25) is 0 Å². The van der Waals surface area contributed by atoms with Crippen molar-refractivity contribution >= 4 is 27.7 Å². The van der Waals surface area contributed by atoms with Gasteiger partial charge in [0.2, 0.25) is 0 Å². The average molecular weight is 279 g/mol. The van der Waals surface area contributed by atoms with Gasteiger partial charge < -0.3 is 10.2 Å². The van der Waals surface area contributed by atoms with Crippen LogP contribution in [0.1, 0.15) is 11.1 Å². The lowest BCUT2D eigenvalue weighted by Gasteiger charge is -2.24. The Bertz CT molecular complexity index is 384. The van der Waals surface area contributed by atoms with Crippen LogP contribution in [0.5, 0.6) is 11.5 Å². The largest absolute Gasteiger partial charge is 0.504 e. The maximum absolute atomic E-state index is 9.42. The fraction of sp³-hybridized carbons (Fsp3) is 0.333. The molecule has 3 nitrogen and oxygen atoms in total. The van der Waals surface area contributed by atoms with E-state index in [0.717, 1.165) is 24.1 Å². The van der Waals surface area contributed by atoms with E-state index in [-0.39, 0.29) is 16.5 Å². The van der Waals surface area contributed by atoms with Crippen molar-refractivity contribution in [2.45, 2.75) is 13.0 Å². The lowest BCUT2D eigenvalue weighted by Crippen LogP contribution is -2.21. The van der Waals surface area contributed by atoms with E-state index in [9.17, 15) is 10.2 Å². The molecule has 0 atom stereocenters. The van der Waals surface area contributed by atoms with E-state index in [2.05, 4.69) is 16.1 Å². The lowest BCUT2D eigenvalue weighted by atomic mass is 10.00. The fourth-order valence-corrected chi connectivity index (χ4v) is 2.39. The molecule has 0 aromatic heterocycles. The minimum Gasteiger partial charge on any atom is -0.504 e. The number of rotatable bonds is 0. The van der Waals surface area contributed by atoms with Crippen molar-refractivity contribution in [3.05, 3.63) is 22.2 Å². The number of fused-ring (bicyclic) bond motifs is 1. The van der Waals surface area contributed by atoms with Gasteiger partial charge in [-0.25, -0.2) is 3.93 Å². The molecule has 0 fully saturated rings. The summed E-state index contributed by atoms with van der Waals surface area (Å²) in [6, 6.07) is 1.56. The molecule has 1 aromatic rings. The van der Waals surface area contributed by atoms with Gasteiger partial charge in [-0.2, -0.15) is 0 Å². The second-order valence-electron chi connectivity index (χ2n) is 3.29. The van der Waals surface area contributed by atoms with Crippen molar-refractivity contribution in [1.29, 1.82) is 0 Å².